The van der Waals surface area contributed by atoms with E-state index in [9.17, 15) is 13.2 Å². The summed E-state index contributed by atoms with van der Waals surface area (Å²) in [6, 6.07) is 5.61. The highest BCUT2D eigenvalue weighted by molar-refractivity contribution is 7.89. The second kappa shape index (κ2) is 12.9. The topological polar surface area (TPSA) is 107 Å². The van der Waals surface area contributed by atoms with E-state index in [0.717, 1.165) is 41.1 Å². The van der Waals surface area contributed by atoms with Crippen LogP contribution < -0.4 is 10.0 Å². The summed E-state index contributed by atoms with van der Waals surface area (Å²) in [6.45, 7) is 14.3. The molecule has 1 aromatic carbocycles. The van der Waals surface area contributed by atoms with Gasteiger partial charge in [-0.2, -0.15) is 0 Å². The number of sulfonamides is 1. The summed E-state index contributed by atoms with van der Waals surface area (Å²) < 4.78 is 40.7. The van der Waals surface area contributed by atoms with Gasteiger partial charge in [-0.15, -0.1) is 11.3 Å². The van der Waals surface area contributed by atoms with Gasteiger partial charge in [0.05, 0.1) is 27.5 Å². The molecule has 0 unspecified atom stereocenters. The van der Waals surface area contributed by atoms with Crippen LogP contribution in [0.3, 0.4) is 0 Å². The Morgan fingerprint density at radius 3 is 2.42 bits per heavy atom. The molecule has 8 nitrogen and oxygen atoms in total. The number of alkyl carbamates (subject to hydrolysis) is 1. The zero-order valence-corrected chi connectivity index (χ0v) is 25.3. The number of carbonyl (C=O) groups excluding carboxylic acids is 1. The van der Waals surface area contributed by atoms with Crippen molar-refractivity contribution in [2.24, 2.45) is 5.92 Å². The van der Waals surface area contributed by atoms with Crippen LogP contribution in [0, 0.1) is 5.92 Å². The molecular formula is C28H43N3O5S2. The Balaban J connectivity index is 1.79. The number of rotatable bonds is 10. The molecule has 0 atom stereocenters. The first kappa shape index (κ1) is 30.5. The van der Waals surface area contributed by atoms with Gasteiger partial charge in [0, 0.05) is 35.9 Å². The lowest BCUT2D eigenvalue weighted by Gasteiger charge is -2.28. The van der Waals surface area contributed by atoms with Gasteiger partial charge in [-0.25, -0.2) is 22.9 Å². The Kier molecular flexibility index (Phi) is 10.4. The number of amides is 1. The molecule has 0 spiro atoms. The molecule has 1 amide bonds. The van der Waals surface area contributed by atoms with Gasteiger partial charge in [-0.3, -0.25) is 0 Å². The fourth-order valence-corrected chi connectivity index (χ4v) is 7.33. The first-order valence-electron chi connectivity index (χ1n) is 13.4. The number of hydrogen-bond donors (Lipinski definition) is 2. The molecule has 38 heavy (non-hydrogen) atoms. The second-order valence-electron chi connectivity index (χ2n) is 11.8. The van der Waals surface area contributed by atoms with Gasteiger partial charge in [0.2, 0.25) is 10.0 Å². The molecule has 1 heterocycles. The molecule has 2 N–H and O–H groups in total. The van der Waals surface area contributed by atoms with Crippen LogP contribution in [0.1, 0.15) is 90.6 Å². The molecule has 212 valence electrons. The summed E-state index contributed by atoms with van der Waals surface area (Å²) in [4.78, 5) is 17.7. The minimum Gasteiger partial charge on any atom is -0.447 e. The molecule has 1 aromatic heterocycles. The van der Waals surface area contributed by atoms with E-state index >= 15 is 0 Å². The predicted molar refractivity (Wildman–Crippen MR) is 152 cm³/mol. The van der Waals surface area contributed by atoms with Crippen molar-refractivity contribution in [1.29, 1.82) is 0 Å². The maximum atomic E-state index is 13.5. The first-order chi connectivity index (χ1) is 17.7. The Morgan fingerprint density at radius 1 is 1.13 bits per heavy atom. The summed E-state index contributed by atoms with van der Waals surface area (Å²) >= 11 is 1.55. The van der Waals surface area contributed by atoms with E-state index in [-0.39, 0.29) is 29.1 Å². The molecule has 1 saturated carbocycles. The van der Waals surface area contributed by atoms with Crippen molar-refractivity contribution in [1.82, 2.24) is 15.0 Å². The number of nitrogens with one attached hydrogen (secondary N) is 2. The molecule has 0 radical (unpaired) electrons. The number of carbonyl (C=O) groups is 1. The summed E-state index contributed by atoms with van der Waals surface area (Å²) in [6.07, 6.45) is 4.79. The fraction of sp³-hybridized carbons (Fsp3) is 0.643. The lowest BCUT2D eigenvalue weighted by molar-refractivity contribution is 0.0970. The van der Waals surface area contributed by atoms with Crippen LogP contribution in [0.5, 0.6) is 0 Å². The number of ether oxygens (including phenoxy) is 2. The Labute approximate surface area is 232 Å². The maximum Gasteiger partial charge on any atom is 0.407 e. The number of thiazole rings is 1. The van der Waals surface area contributed by atoms with Gasteiger partial charge < -0.3 is 14.8 Å². The molecule has 1 aliphatic rings. The highest BCUT2D eigenvalue weighted by Gasteiger charge is 2.29. The van der Waals surface area contributed by atoms with Gasteiger partial charge >= 0.3 is 6.09 Å². The van der Waals surface area contributed by atoms with Gasteiger partial charge in [0.15, 0.2) is 0 Å². The van der Waals surface area contributed by atoms with Crippen LogP contribution in [0.25, 0.3) is 10.4 Å². The minimum absolute atomic E-state index is 0.0996. The number of aromatic nitrogens is 1. The predicted octanol–water partition coefficient (Wildman–Crippen LogP) is 6.22. The summed E-state index contributed by atoms with van der Waals surface area (Å²) in [5.74, 6) is 0.680. The van der Waals surface area contributed by atoms with Crippen molar-refractivity contribution in [3.05, 3.63) is 35.0 Å². The van der Waals surface area contributed by atoms with E-state index in [1.54, 1.807) is 23.6 Å². The van der Waals surface area contributed by atoms with E-state index in [1.807, 2.05) is 46.8 Å². The van der Waals surface area contributed by atoms with Crippen molar-refractivity contribution < 1.29 is 22.7 Å². The third kappa shape index (κ3) is 9.03. The molecule has 1 fully saturated rings. The fourth-order valence-electron chi connectivity index (χ4n) is 4.45. The van der Waals surface area contributed by atoms with Gasteiger partial charge in [0.25, 0.3) is 0 Å². The zero-order chi connectivity index (χ0) is 28.1. The quantitative estimate of drug-likeness (QED) is 0.354. The standard InChI is InChI=1S/C28H43N3O5S2/c1-18(2)16-35-17-20-8-13-23(25(14-20)38(33,34)31-28(5,6)7)24-15-29-26(37-24)21-9-11-22(12-10-21)30-27(32)36-19(3)4/h8,13-15,18-19,21-22,31H,9-12,16-17H2,1-7H3,(H,30,32). The molecule has 0 bridgehead atoms. The van der Waals surface area contributed by atoms with Crippen LogP contribution in [0.4, 0.5) is 4.79 Å². The van der Waals surface area contributed by atoms with Crippen molar-refractivity contribution in [2.75, 3.05) is 6.61 Å². The Morgan fingerprint density at radius 2 is 1.82 bits per heavy atom. The van der Waals surface area contributed by atoms with Crippen LogP contribution in [0.15, 0.2) is 29.3 Å². The number of nitrogens with zero attached hydrogens (tertiary/aromatic N) is 1. The SMILES string of the molecule is CC(C)COCc1ccc(-c2cnc(C3CCC(NC(=O)OC(C)C)CC3)s2)c(S(=O)(=O)NC(C)(C)C)c1. The van der Waals surface area contributed by atoms with E-state index in [4.69, 9.17) is 14.5 Å². The van der Waals surface area contributed by atoms with E-state index in [2.05, 4.69) is 23.9 Å². The molecule has 3 rings (SSSR count). The Hall–Kier alpha value is -2.01. The molecule has 1 aliphatic carbocycles. The van der Waals surface area contributed by atoms with Crippen LogP contribution in [-0.2, 0) is 26.1 Å². The van der Waals surface area contributed by atoms with E-state index in [0.29, 0.717) is 24.7 Å². The first-order valence-corrected chi connectivity index (χ1v) is 15.7. The number of hydrogen-bond acceptors (Lipinski definition) is 7. The van der Waals surface area contributed by atoms with Crippen molar-refractivity contribution in [3.8, 4) is 10.4 Å². The van der Waals surface area contributed by atoms with Crippen molar-refractivity contribution >= 4 is 27.5 Å². The lowest BCUT2D eigenvalue weighted by Crippen LogP contribution is -2.40. The minimum atomic E-state index is -3.78. The average Bonchev–Trinajstić information content (AvgIpc) is 3.27. The third-order valence-electron chi connectivity index (χ3n) is 6.03. The largest absolute Gasteiger partial charge is 0.447 e. The average molecular weight is 566 g/mol. The Bertz CT molecular complexity index is 1180. The molecule has 2 aromatic rings. The molecule has 0 saturated heterocycles. The number of benzene rings is 1. The summed E-state index contributed by atoms with van der Waals surface area (Å²) in [5.41, 5.74) is 0.841. The van der Waals surface area contributed by atoms with Gasteiger partial charge in [-0.1, -0.05) is 26.0 Å². The maximum absolute atomic E-state index is 13.5. The van der Waals surface area contributed by atoms with Crippen molar-refractivity contribution in [3.63, 3.8) is 0 Å². The van der Waals surface area contributed by atoms with Crippen LogP contribution >= 0.6 is 11.3 Å². The smallest absolute Gasteiger partial charge is 0.407 e. The van der Waals surface area contributed by atoms with E-state index < -0.39 is 15.6 Å². The normalized spacial score (nSPS) is 18.7. The molecular weight excluding hydrogens is 522 g/mol. The summed E-state index contributed by atoms with van der Waals surface area (Å²) in [5, 5.41) is 3.96. The van der Waals surface area contributed by atoms with Crippen molar-refractivity contribution in [2.45, 2.75) is 109 Å². The van der Waals surface area contributed by atoms with Gasteiger partial charge in [-0.05, 0) is 77.8 Å². The second-order valence-corrected chi connectivity index (χ2v) is 14.5. The highest BCUT2D eigenvalue weighted by Crippen LogP contribution is 2.39. The molecule has 10 heteroatoms. The lowest BCUT2D eigenvalue weighted by atomic mass is 9.86. The summed E-state index contributed by atoms with van der Waals surface area (Å²) in [7, 11) is -3.78. The monoisotopic (exact) mass is 565 g/mol. The highest BCUT2D eigenvalue weighted by atomic mass is 32.2. The van der Waals surface area contributed by atoms with Crippen LogP contribution in [-0.4, -0.2) is 43.8 Å². The van der Waals surface area contributed by atoms with E-state index in [1.165, 1.54) is 0 Å². The van der Waals surface area contributed by atoms with Crippen LogP contribution in [0.2, 0.25) is 0 Å². The zero-order valence-electron chi connectivity index (χ0n) is 23.7. The molecule has 0 aliphatic heterocycles. The van der Waals surface area contributed by atoms with Gasteiger partial charge in [0.1, 0.15) is 0 Å². The third-order valence-corrected chi connectivity index (χ3v) is 9.02.